The zero-order chi connectivity index (χ0) is 21.8. The SMILES string of the molecule is CCOc1ccc(S(=O)(=O)N(CC)CC)cc1NC(=O)c1c(C)noc1C(C)C. The van der Waals surface area contributed by atoms with Gasteiger partial charge in [0.1, 0.15) is 11.3 Å². The lowest BCUT2D eigenvalue weighted by molar-refractivity contribution is 0.102. The molecule has 160 valence electrons. The van der Waals surface area contributed by atoms with E-state index in [-0.39, 0.29) is 16.5 Å². The molecule has 0 unspecified atom stereocenters. The van der Waals surface area contributed by atoms with Crippen LogP contribution in [-0.4, -0.2) is 43.5 Å². The van der Waals surface area contributed by atoms with Gasteiger partial charge >= 0.3 is 0 Å². The zero-order valence-corrected chi connectivity index (χ0v) is 18.6. The van der Waals surface area contributed by atoms with Gasteiger partial charge in [-0.2, -0.15) is 4.31 Å². The second-order valence-electron chi connectivity index (χ2n) is 6.80. The van der Waals surface area contributed by atoms with E-state index >= 15 is 0 Å². The van der Waals surface area contributed by atoms with Crippen LogP contribution in [0.25, 0.3) is 0 Å². The van der Waals surface area contributed by atoms with E-state index in [1.807, 2.05) is 20.8 Å². The third-order valence-corrected chi connectivity index (χ3v) is 6.53. The molecule has 0 aliphatic heterocycles. The van der Waals surface area contributed by atoms with Gasteiger partial charge in [-0.3, -0.25) is 4.79 Å². The van der Waals surface area contributed by atoms with Crippen LogP contribution in [-0.2, 0) is 10.0 Å². The second kappa shape index (κ2) is 9.41. The predicted molar refractivity (Wildman–Crippen MR) is 111 cm³/mol. The number of hydrogen-bond acceptors (Lipinski definition) is 6. The highest BCUT2D eigenvalue weighted by molar-refractivity contribution is 7.89. The molecule has 0 fully saturated rings. The van der Waals surface area contributed by atoms with E-state index in [1.165, 1.54) is 16.4 Å². The topological polar surface area (TPSA) is 102 Å². The molecule has 0 saturated carbocycles. The van der Waals surface area contributed by atoms with E-state index in [9.17, 15) is 13.2 Å². The summed E-state index contributed by atoms with van der Waals surface area (Å²) in [6.07, 6.45) is 0. The Kier molecular flexibility index (Phi) is 7.43. The normalized spacial score (nSPS) is 11.9. The van der Waals surface area contributed by atoms with Crippen molar-refractivity contribution >= 4 is 21.6 Å². The highest BCUT2D eigenvalue weighted by atomic mass is 32.2. The number of nitrogens with one attached hydrogen (secondary N) is 1. The number of carbonyl (C=O) groups excluding carboxylic acids is 1. The number of nitrogens with zero attached hydrogens (tertiary/aromatic N) is 2. The number of hydrogen-bond donors (Lipinski definition) is 1. The van der Waals surface area contributed by atoms with Gasteiger partial charge in [0.25, 0.3) is 5.91 Å². The van der Waals surface area contributed by atoms with Crippen molar-refractivity contribution in [3.63, 3.8) is 0 Å². The van der Waals surface area contributed by atoms with Gasteiger partial charge in [0.05, 0.1) is 22.9 Å². The minimum absolute atomic E-state index is 0.0299. The summed E-state index contributed by atoms with van der Waals surface area (Å²) in [6.45, 7) is 11.9. The fourth-order valence-corrected chi connectivity index (χ4v) is 4.49. The number of carbonyl (C=O) groups is 1. The Morgan fingerprint density at radius 1 is 1.24 bits per heavy atom. The standard InChI is InChI=1S/C20H29N3O5S/c1-7-23(8-2)29(25,26)15-10-11-17(27-9-3)16(12-15)21-20(24)18-14(6)22-28-19(18)13(4)5/h10-13H,7-9H2,1-6H3,(H,21,24). The number of anilines is 1. The maximum atomic E-state index is 13.0. The molecule has 29 heavy (non-hydrogen) atoms. The number of aromatic nitrogens is 1. The van der Waals surface area contributed by atoms with Gasteiger partial charge in [0.2, 0.25) is 10.0 Å². The lowest BCUT2D eigenvalue weighted by Crippen LogP contribution is -2.30. The van der Waals surface area contributed by atoms with Crippen LogP contribution in [0.5, 0.6) is 5.75 Å². The van der Waals surface area contributed by atoms with Gasteiger partial charge < -0.3 is 14.6 Å². The van der Waals surface area contributed by atoms with E-state index in [0.717, 1.165) is 0 Å². The Morgan fingerprint density at radius 2 is 1.90 bits per heavy atom. The van der Waals surface area contributed by atoms with Crippen LogP contribution in [0.4, 0.5) is 5.69 Å². The van der Waals surface area contributed by atoms with Gasteiger partial charge in [-0.15, -0.1) is 0 Å². The van der Waals surface area contributed by atoms with Crippen LogP contribution >= 0.6 is 0 Å². The minimum Gasteiger partial charge on any atom is -0.492 e. The van der Waals surface area contributed by atoms with Gasteiger partial charge in [-0.1, -0.05) is 32.9 Å². The van der Waals surface area contributed by atoms with E-state index in [2.05, 4.69) is 10.5 Å². The van der Waals surface area contributed by atoms with E-state index in [1.54, 1.807) is 26.8 Å². The summed E-state index contributed by atoms with van der Waals surface area (Å²) in [5.74, 6) is 0.410. The number of aryl methyl sites for hydroxylation is 1. The molecule has 0 atom stereocenters. The maximum absolute atomic E-state index is 13.0. The van der Waals surface area contributed by atoms with Gasteiger partial charge in [-0.05, 0) is 32.0 Å². The predicted octanol–water partition coefficient (Wildman–Crippen LogP) is 3.79. The summed E-state index contributed by atoms with van der Waals surface area (Å²) < 4.78 is 38.0. The van der Waals surface area contributed by atoms with Crippen LogP contribution in [0.15, 0.2) is 27.6 Å². The third-order valence-electron chi connectivity index (χ3n) is 4.48. The lowest BCUT2D eigenvalue weighted by atomic mass is 10.0. The maximum Gasteiger partial charge on any atom is 0.261 e. The summed E-state index contributed by atoms with van der Waals surface area (Å²) in [7, 11) is -3.68. The van der Waals surface area contributed by atoms with Gasteiger partial charge in [0.15, 0.2) is 5.76 Å². The Morgan fingerprint density at radius 3 is 2.45 bits per heavy atom. The summed E-state index contributed by atoms with van der Waals surface area (Å²) in [6, 6.07) is 4.46. The lowest BCUT2D eigenvalue weighted by Gasteiger charge is -2.20. The molecular formula is C20H29N3O5S. The van der Waals surface area contributed by atoms with Gasteiger partial charge in [0, 0.05) is 19.0 Å². The first-order chi connectivity index (χ1) is 13.7. The van der Waals surface area contributed by atoms with E-state index < -0.39 is 15.9 Å². The monoisotopic (exact) mass is 423 g/mol. The molecule has 0 spiro atoms. The number of rotatable bonds is 9. The quantitative estimate of drug-likeness (QED) is 0.658. The van der Waals surface area contributed by atoms with Gasteiger partial charge in [-0.25, -0.2) is 8.42 Å². The first kappa shape index (κ1) is 22.9. The molecular weight excluding hydrogens is 394 g/mol. The van der Waals surface area contributed by atoms with Crippen molar-refractivity contribution < 1.29 is 22.5 Å². The summed E-state index contributed by atoms with van der Waals surface area (Å²) in [5.41, 5.74) is 1.09. The molecule has 8 nitrogen and oxygen atoms in total. The molecule has 1 aromatic carbocycles. The Hall–Kier alpha value is -2.39. The van der Waals surface area contributed by atoms with Crippen molar-refractivity contribution in [1.29, 1.82) is 0 Å². The first-order valence-electron chi connectivity index (χ1n) is 9.71. The molecule has 9 heteroatoms. The highest BCUT2D eigenvalue weighted by Crippen LogP contribution is 2.31. The molecule has 0 aliphatic carbocycles. The van der Waals surface area contributed by atoms with Crippen LogP contribution in [0, 0.1) is 6.92 Å². The fraction of sp³-hybridized carbons (Fsp3) is 0.500. The third kappa shape index (κ3) is 4.79. The molecule has 0 bridgehead atoms. The number of amides is 1. The summed E-state index contributed by atoms with van der Waals surface area (Å²) in [4.78, 5) is 13.0. The Labute approximate surface area is 172 Å². The minimum atomic E-state index is -3.68. The van der Waals surface area contributed by atoms with Crippen molar-refractivity contribution in [2.45, 2.75) is 52.4 Å². The fourth-order valence-electron chi connectivity index (χ4n) is 3.00. The molecule has 0 saturated heterocycles. The van der Waals surface area contributed by atoms with E-state index in [4.69, 9.17) is 9.26 Å². The molecule has 0 radical (unpaired) electrons. The average molecular weight is 424 g/mol. The van der Waals surface area contributed by atoms with Crippen molar-refractivity contribution in [3.8, 4) is 5.75 Å². The van der Waals surface area contributed by atoms with Crippen molar-refractivity contribution in [2.75, 3.05) is 25.0 Å². The number of benzene rings is 1. The molecule has 2 aromatic rings. The van der Waals surface area contributed by atoms with Crippen LogP contribution in [0.1, 0.15) is 62.3 Å². The number of sulfonamides is 1. The molecule has 1 aromatic heterocycles. The Bertz CT molecular complexity index is 962. The van der Waals surface area contributed by atoms with Crippen molar-refractivity contribution in [1.82, 2.24) is 9.46 Å². The first-order valence-corrected chi connectivity index (χ1v) is 11.2. The number of ether oxygens (including phenoxy) is 1. The van der Waals surface area contributed by atoms with Crippen LogP contribution in [0.2, 0.25) is 0 Å². The molecule has 0 aliphatic rings. The molecule has 1 heterocycles. The summed E-state index contributed by atoms with van der Waals surface area (Å²) in [5, 5.41) is 6.67. The van der Waals surface area contributed by atoms with Crippen molar-refractivity contribution in [3.05, 3.63) is 35.2 Å². The molecule has 1 amide bonds. The average Bonchev–Trinajstić information content (AvgIpc) is 3.06. The van der Waals surface area contributed by atoms with Crippen LogP contribution < -0.4 is 10.1 Å². The smallest absolute Gasteiger partial charge is 0.261 e. The molecule has 1 N–H and O–H groups in total. The Balaban J connectivity index is 2.48. The summed E-state index contributed by atoms with van der Waals surface area (Å²) >= 11 is 0. The highest BCUT2D eigenvalue weighted by Gasteiger charge is 2.26. The largest absolute Gasteiger partial charge is 0.492 e. The van der Waals surface area contributed by atoms with E-state index in [0.29, 0.717) is 42.5 Å². The van der Waals surface area contributed by atoms with Crippen LogP contribution in [0.3, 0.4) is 0 Å². The second-order valence-corrected chi connectivity index (χ2v) is 8.73. The van der Waals surface area contributed by atoms with Crippen molar-refractivity contribution in [2.24, 2.45) is 0 Å². The molecule has 2 rings (SSSR count). The zero-order valence-electron chi connectivity index (χ0n) is 17.8.